The third-order valence-corrected chi connectivity index (χ3v) is 7.99. The minimum absolute atomic E-state index is 0.271. The van der Waals surface area contributed by atoms with Crippen molar-refractivity contribution in [2.45, 2.75) is 57.3 Å². The normalized spacial score (nSPS) is 25.7. The van der Waals surface area contributed by atoms with Crippen molar-refractivity contribution in [1.29, 1.82) is 0 Å². The van der Waals surface area contributed by atoms with Crippen molar-refractivity contribution in [3.05, 3.63) is 35.8 Å². The molecule has 7 heteroatoms. The van der Waals surface area contributed by atoms with Gasteiger partial charge in [-0.15, -0.1) is 0 Å². The number of methoxy groups -OCH3 is 1. The predicted octanol–water partition coefficient (Wildman–Crippen LogP) is 3.76. The molecule has 0 bridgehead atoms. The van der Waals surface area contributed by atoms with Crippen molar-refractivity contribution in [3.63, 3.8) is 0 Å². The van der Waals surface area contributed by atoms with Crippen LogP contribution in [0.15, 0.2) is 24.3 Å². The van der Waals surface area contributed by atoms with Gasteiger partial charge in [0.15, 0.2) is 0 Å². The number of hydrogen-bond donors (Lipinski definition) is 3. The van der Waals surface area contributed by atoms with Gasteiger partial charge >= 0.3 is 0 Å². The van der Waals surface area contributed by atoms with Gasteiger partial charge in [-0.25, -0.2) is 4.98 Å². The Morgan fingerprint density at radius 1 is 1.19 bits per heavy atom. The molecular weight excluding hydrogens is 404 g/mol. The first-order valence-electron chi connectivity index (χ1n) is 11.8. The lowest BCUT2D eigenvalue weighted by molar-refractivity contribution is -0.123. The number of hydrogen-bond acceptors (Lipinski definition) is 4. The van der Waals surface area contributed by atoms with Gasteiger partial charge in [-0.3, -0.25) is 9.59 Å². The Hall–Kier alpha value is -2.83. The van der Waals surface area contributed by atoms with E-state index in [0.29, 0.717) is 22.7 Å². The van der Waals surface area contributed by atoms with E-state index in [2.05, 4.69) is 10.3 Å². The van der Waals surface area contributed by atoms with Crippen molar-refractivity contribution in [2.24, 2.45) is 23.0 Å². The topological polar surface area (TPSA) is 110 Å². The number of nitrogens with one attached hydrogen (secondary N) is 2. The Morgan fingerprint density at radius 3 is 2.47 bits per heavy atom. The standard InChI is InChI=1S/C25H32N4O3/c1-32-18-9-7-16(8-10-18)20-21(22(26)30)29-23(28-20)17-5-3-15(4-6-17)14-27-24(31)19-13-25(19)11-2-12-25/h7-10,15,17,19H,2-6,11-14H2,1H3,(H2,26,30)(H,27,31)(H,28,29)/t15?,17?,19-/m1/s1. The van der Waals surface area contributed by atoms with E-state index in [9.17, 15) is 9.59 Å². The van der Waals surface area contributed by atoms with Gasteiger partial charge in [-0.05, 0) is 80.5 Å². The number of H-pyrrole nitrogens is 1. The lowest BCUT2D eigenvalue weighted by Crippen LogP contribution is -2.34. The highest BCUT2D eigenvalue weighted by molar-refractivity contribution is 5.97. The summed E-state index contributed by atoms with van der Waals surface area (Å²) in [5.41, 5.74) is 7.81. The van der Waals surface area contributed by atoms with E-state index in [-0.39, 0.29) is 17.7 Å². The first-order valence-corrected chi connectivity index (χ1v) is 11.8. The van der Waals surface area contributed by atoms with E-state index in [1.54, 1.807) is 7.11 Å². The molecule has 0 radical (unpaired) electrons. The maximum absolute atomic E-state index is 12.4. The van der Waals surface area contributed by atoms with Crippen molar-refractivity contribution >= 4 is 11.8 Å². The molecule has 1 aromatic heterocycles. The summed E-state index contributed by atoms with van der Waals surface area (Å²) in [6.45, 7) is 0.778. The fourth-order valence-corrected chi connectivity index (χ4v) is 5.63. The van der Waals surface area contributed by atoms with Crippen LogP contribution in [-0.4, -0.2) is 35.4 Å². The summed E-state index contributed by atoms with van der Waals surface area (Å²) >= 11 is 0. The van der Waals surface area contributed by atoms with Crippen molar-refractivity contribution in [2.75, 3.05) is 13.7 Å². The summed E-state index contributed by atoms with van der Waals surface area (Å²) in [6, 6.07) is 7.47. The molecule has 1 heterocycles. The third kappa shape index (κ3) is 3.89. The van der Waals surface area contributed by atoms with Crippen LogP contribution in [0.1, 0.15) is 73.6 Å². The number of nitrogens with zero attached hydrogens (tertiary/aromatic N) is 1. The molecule has 32 heavy (non-hydrogen) atoms. The van der Waals surface area contributed by atoms with Crippen LogP contribution >= 0.6 is 0 Å². The zero-order valence-corrected chi connectivity index (χ0v) is 18.7. The molecule has 5 rings (SSSR count). The highest BCUT2D eigenvalue weighted by Gasteiger charge is 2.60. The van der Waals surface area contributed by atoms with Crippen LogP contribution in [0.5, 0.6) is 5.75 Å². The van der Waals surface area contributed by atoms with Crippen LogP contribution < -0.4 is 15.8 Å². The number of ether oxygens (including phenoxy) is 1. The number of aromatic nitrogens is 2. The number of primary amides is 1. The highest BCUT2D eigenvalue weighted by Crippen LogP contribution is 2.65. The van der Waals surface area contributed by atoms with Gasteiger partial charge in [0, 0.05) is 23.9 Å². The third-order valence-electron chi connectivity index (χ3n) is 7.99. The molecule has 4 N–H and O–H groups in total. The second-order valence-electron chi connectivity index (χ2n) is 9.87. The van der Waals surface area contributed by atoms with Gasteiger partial charge in [0.25, 0.3) is 5.91 Å². The van der Waals surface area contributed by atoms with Crippen molar-refractivity contribution < 1.29 is 14.3 Å². The number of benzene rings is 1. The van der Waals surface area contributed by atoms with E-state index >= 15 is 0 Å². The zero-order valence-electron chi connectivity index (χ0n) is 18.7. The summed E-state index contributed by atoms with van der Waals surface area (Å²) < 4.78 is 5.22. The molecule has 2 aromatic rings. The summed E-state index contributed by atoms with van der Waals surface area (Å²) in [7, 11) is 1.62. The first kappa shape index (κ1) is 21.0. The maximum Gasteiger partial charge on any atom is 0.267 e. The molecule has 170 valence electrons. The maximum atomic E-state index is 12.4. The summed E-state index contributed by atoms with van der Waals surface area (Å²) in [5.74, 6) is 2.41. The van der Waals surface area contributed by atoms with Gasteiger partial charge < -0.3 is 20.8 Å². The molecule has 7 nitrogen and oxygen atoms in total. The largest absolute Gasteiger partial charge is 0.497 e. The number of rotatable bonds is 7. The van der Waals surface area contributed by atoms with Gasteiger partial charge in [0.05, 0.1) is 7.11 Å². The average Bonchev–Trinajstić information content (AvgIpc) is 3.42. The van der Waals surface area contributed by atoms with Crippen LogP contribution in [0.25, 0.3) is 11.3 Å². The van der Waals surface area contributed by atoms with Gasteiger partial charge in [0.1, 0.15) is 23.0 Å². The molecule has 3 aliphatic carbocycles. The Labute approximate surface area is 188 Å². The number of nitrogens with two attached hydrogens (primary N) is 1. The molecule has 3 saturated carbocycles. The predicted molar refractivity (Wildman–Crippen MR) is 121 cm³/mol. The van der Waals surface area contributed by atoms with E-state index < -0.39 is 5.91 Å². The van der Waals surface area contributed by atoms with Gasteiger partial charge in [-0.1, -0.05) is 6.42 Å². The SMILES string of the molecule is COc1ccc(-c2nc(C3CCC(CNC(=O)[C@H]4CC45CCC5)CC3)[nH]c2C(N)=O)cc1. The molecule has 1 spiro atoms. The minimum atomic E-state index is -0.504. The monoisotopic (exact) mass is 436 g/mol. The Balaban J connectivity index is 1.19. The van der Waals surface area contributed by atoms with E-state index in [1.807, 2.05) is 24.3 Å². The molecule has 1 atom stereocenters. The Bertz CT molecular complexity index is 1000. The molecule has 2 amide bonds. The summed E-state index contributed by atoms with van der Waals surface area (Å²) in [6.07, 6.45) is 8.94. The van der Waals surface area contributed by atoms with Crippen LogP contribution in [0.2, 0.25) is 0 Å². The van der Waals surface area contributed by atoms with Gasteiger partial charge in [0.2, 0.25) is 5.91 Å². The van der Waals surface area contributed by atoms with Crippen LogP contribution in [0.3, 0.4) is 0 Å². The molecular formula is C25H32N4O3. The second kappa shape index (κ2) is 8.26. The molecule has 1 aromatic carbocycles. The first-order chi connectivity index (χ1) is 15.5. The van der Waals surface area contributed by atoms with E-state index in [1.165, 1.54) is 19.3 Å². The lowest BCUT2D eigenvalue weighted by atomic mass is 9.79. The lowest BCUT2D eigenvalue weighted by Gasteiger charge is -2.28. The average molecular weight is 437 g/mol. The summed E-state index contributed by atoms with van der Waals surface area (Å²) in [4.78, 5) is 32.5. The fraction of sp³-hybridized carbons (Fsp3) is 0.560. The number of imidazole rings is 1. The number of carbonyl (C=O) groups excluding carboxylic acids is 2. The Morgan fingerprint density at radius 2 is 1.91 bits per heavy atom. The molecule has 3 fully saturated rings. The molecule has 0 saturated heterocycles. The van der Waals surface area contributed by atoms with Crippen LogP contribution in [0, 0.1) is 17.3 Å². The zero-order chi connectivity index (χ0) is 22.3. The van der Waals surface area contributed by atoms with E-state index in [0.717, 1.165) is 55.8 Å². The molecule has 0 unspecified atom stereocenters. The smallest absolute Gasteiger partial charge is 0.267 e. The quantitative estimate of drug-likeness (QED) is 0.614. The van der Waals surface area contributed by atoms with E-state index in [4.69, 9.17) is 15.5 Å². The minimum Gasteiger partial charge on any atom is -0.497 e. The number of amides is 2. The second-order valence-corrected chi connectivity index (χ2v) is 9.87. The van der Waals surface area contributed by atoms with Crippen LogP contribution in [-0.2, 0) is 4.79 Å². The van der Waals surface area contributed by atoms with Crippen molar-refractivity contribution in [1.82, 2.24) is 15.3 Å². The number of aromatic amines is 1. The van der Waals surface area contributed by atoms with Crippen molar-refractivity contribution in [3.8, 4) is 17.0 Å². The summed E-state index contributed by atoms with van der Waals surface area (Å²) in [5, 5.41) is 3.22. The Kier molecular flexibility index (Phi) is 5.43. The van der Waals surface area contributed by atoms with Crippen LogP contribution in [0.4, 0.5) is 0 Å². The molecule has 3 aliphatic rings. The highest BCUT2D eigenvalue weighted by atomic mass is 16.5. The molecule has 0 aliphatic heterocycles. The fourth-order valence-electron chi connectivity index (χ4n) is 5.63. The number of carbonyl (C=O) groups is 2. The van der Waals surface area contributed by atoms with Gasteiger partial charge in [-0.2, -0.15) is 0 Å².